The Morgan fingerprint density at radius 3 is 2.71 bits per heavy atom. The standard InChI is InChI=1S/C12H18FN3O/c1-9(2)15-6-7-16(12(17)10(3)13)11(8-15)4-5-14/h9,11H,3-4,6-8H2,1-2H3/t11-/m0/s1. The fourth-order valence-corrected chi connectivity index (χ4v) is 2.05. The van der Waals surface area contributed by atoms with E-state index in [2.05, 4.69) is 25.3 Å². The number of piperazine rings is 1. The summed E-state index contributed by atoms with van der Waals surface area (Å²) in [7, 11) is 0. The third-order valence-corrected chi connectivity index (χ3v) is 3.06. The molecule has 17 heavy (non-hydrogen) atoms. The number of rotatable bonds is 3. The largest absolute Gasteiger partial charge is 0.330 e. The first-order chi connectivity index (χ1) is 7.97. The van der Waals surface area contributed by atoms with Crippen LogP contribution in [0.2, 0.25) is 0 Å². The molecule has 0 aromatic heterocycles. The van der Waals surface area contributed by atoms with Crippen molar-refractivity contribution in [3.05, 3.63) is 12.4 Å². The molecule has 0 saturated carbocycles. The predicted molar refractivity (Wildman–Crippen MR) is 62.7 cm³/mol. The lowest BCUT2D eigenvalue weighted by Gasteiger charge is -2.42. The molecule has 4 nitrogen and oxygen atoms in total. The van der Waals surface area contributed by atoms with Gasteiger partial charge in [0.25, 0.3) is 5.91 Å². The zero-order chi connectivity index (χ0) is 13.0. The Kier molecular flexibility index (Phi) is 4.64. The van der Waals surface area contributed by atoms with Crippen molar-refractivity contribution >= 4 is 5.91 Å². The van der Waals surface area contributed by atoms with Crippen molar-refractivity contribution in [3.8, 4) is 6.07 Å². The molecule has 0 bridgehead atoms. The molecule has 1 amide bonds. The van der Waals surface area contributed by atoms with Gasteiger partial charge in [-0.05, 0) is 13.8 Å². The third-order valence-electron chi connectivity index (χ3n) is 3.06. The van der Waals surface area contributed by atoms with Crippen LogP contribution in [0.3, 0.4) is 0 Å². The smallest absolute Gasteiger partial charge is 0.282 e. The van der Waals surface area contributed by atoms with Gasteiger partial charge in [0.2, 0.25) is 0 Å². The highest BCUT2D eigenvalue weighted by molar-refractivity contribution is 5.90. The molecule has 0 spiro atoms. The molecular formula is C12H18FN3O. The lowest BCUT2D eigenvalue weighted by molar-refractivity contribution is -0.133. The van der Waals surface area contributed by atoms with E-state index in [4.69, 9.17) is 5.26 Å². The summed E-state index contributed by atoms with van der Waals surface area (Å²) in [6.45, 7) is 8.93. The van der Waals surface area contributed by atoms with Crippen LogP contribution in [0.4, 0.5) is 4.39 Å². The first-order valence-electron chi connectivity index (χ1n) is 5.73. The molecule has 5 heteroatoms. The molecule has 1 aliphatic rings. The van der Waals surface area contributed by atoms with Gasteiger partial charge in [0.1, 0.15) is 0 Å². The quantitative estimate of drug-likeness (QED) is 0.697. The normalized spacial score (nSPS) is 21.4. The monoisotopic (exact) mass is 239 g/mol. The SMILES string of the molecule is C=C(F)C(=O)N1CCN(C(C)C)C[C@@H]1CC#N. The minimum Gasteiger partial charge on any atom is -0.330 e. The summed E-state index contributed by atoms with van der Waals surface area (Å²) in [5, 5.41) is 8.76. The van der Waals surface area contributed by atoms with Crippen LogP contribution in [-0.4, -0.2) is 47.4 Å². The molecule has 0 aliphatic carbocycles. The lowest BCUT2D eigenvalue weighted by atomic mass is 10.1. The van der Waals surface area contributed by atoms with Gasteiger partial charge < -0.3 is 4.90 Å². The maximum Gasteiger partial charge on any atom is 0.282 e. The Morgan fingerprint density at radius 1 is 1.59 bits per heavy atom. The molecule has 1 fully saturated rings. The summed E-state index contributed by atoms with van der Waals surface area (Å²) in [4.78, 5) is 15.2. The van der Waals surface area contributed by atoms with Crippen molar-refractivity contribution in [2.45, 2.75) is 32.4 Å². The van der Waals surface area contributed by atoms with E-state index in [-0.39, 0.29) is 12.5 Å². The summed E-state index contributed by atoms with van der Waals surface area (Å²) in [5.41, 5.74) is 0. The second-order valence-corrected chi connectivity index (χ2v) is 4.51. The number of hydrogen-bond acceptors (Lipinski definition) is 3. The van der Waals surface area contributed by atoms with Crippen molar-refractivity contribution in [2.24, 2.45) is 0 Å². The number of carbonyl (C=O) groups excluding carboxylic acids is 1. The van der Waals surface area contributed by atoms with Gasteiger partial charge in [-0.2, -0.15) is 5.26 Å². The Morgan fingerprint density at radius 2 is 2.24 bits per heavy atom. The highest BCUT2D eigenvalue weighted by Gasteiger charge is 2.32. The molecule has 0 radical (unpaired) electrons. The fraction of sp³-hybridized carbons (Fsp3) is 0.667. The second kappa shape index (κ2) is 5.78. The maximum absolute atomic E-state index is 12.9. The summed E-state index contributed by atoms with van der Waals surface area (Å²) in [5.74, 6) is -1.64. The average Bonchev–Trinajstić information content (AvgIpc) is 2.28. The number of nitriles is 1. The van der Waals surface area contributed by atoms with Crippen molar-refractivity contribution in [2.75, 3.05) is 19.6 Å². The van der Waals surface area contributed by atoms with Crippen molar-refractivity contribution in [1.82, 2.24) is 9.80 Å². The van der Waals surface area contributed by atoms with E-state index in [0.717, 1.165) is 0 Å². The van der Waals surface area contributed by atoms with Gasteiger partial charge in [-0.3, -0.25) is 9.69 Å². The lowest BCUT2D eigenvalue weighted by Crippen LogP contribution is -2.56. The molecular weight excluding hydrogens is 221 g/mol. The summed E-state index contributed by atoms with van der Waals surface area (Å²) < 4.78 is 12.9. The molecule has 1 aliphatic heterocycles. The van der Waals surface area contributed by atoms with Crippen LogP contribution in [-0.2, 0) is 4.79 Å². The Bertz CT molecular complexity index is 348. The minimum absolute atomic E-state index is 0.224. The number of amides is 1. The van der Waals surface area contributed by atoms with E-state index in [9.17, 15) is 9.18 Å². The summed E-state index contributed by atoms with van der Waals surface area (Å²) in [6.07, 6.45) is 0.224. The molecule has 1 rings (SSSR count). The number of nitrogens with zero attached hydrogens (tertiary/aromatic N) is 3. The zero-order valence-electron chi connectivity index (χ0n) is 10.3. The average molecular weight is 239 g/mol. The van der Waals surface area contributed by atoms with E-state index in [1.165, 1.54) is 4.90 Å². The van der Waals surface area contributed by atoms with E-state index in [1.807, 2.05) is 6.07 Å². The molecule has 1 heterocycles. The van der Waals surface area contributed by atoms with Gasteiger partial charge >= 0.3 is 0 Å². The van der Waals surface area contributed by atoms with Crippen LogP contribution in [0.5, 0.6) is 0 Å². The highest BCUT2D eigenvalue weighted by atomic mass is 19.1. The first kappa shape index (κ1) is 13.7. The van der Waals surface area contributed by atoms with Crippen molar-refractivity contribution in [1.29, 1.82) is 5.26 Å². The minimum atomic E-state index is -0.953. The van der Waals surface area contributed by atoms with Crippen LogP contribution in [0.25, 0.3) is 0 Å². The van der Waals surface area contributed by atoms with Crippen LogP contribution in [0.15, 0.2) is 12.4 Å². The Hall–Kier alpha value is -1.41. The van der Waals surface area contributed by atoms with Crippen LogP contribution in [0, 0.1) is 11.3 Å². The topological polar surface area (TPSA) is 47.3 Å². The molecule has 1 atom stereocenters. The number of halogens is 1. The Balaban J connectivity index is 2.76. The maximum atomic E-state index is 12.9. The van der Waals surface area contributed by atoms with Crippen LogP contribution < -0.4 is 0 Å². The molecule has 0 aromatic rings. The molecule has 0 aromatic carbocycles. The number of carbonyl (C=O) groups is 1. The van der Waals surface area contributed by atoms with E-state index < -0.39 is 11.7 Å². The second-order valence-electron chi connectivity index (χ2n) is 4.51. The third kappa shape index (κ3) is 3.27. The van der Waals surface area contributed by atoms with E-state index in [0.29, 0.717) is 25.7 Å². The van der Waals surface area contributed by atoms with Gasteiger partial charge in [-0.25, -0.2) is 4.39 Å². The first-order valence-corrected chi connectivity index (χ1v) is 5.73. The van der Waals surface area contributed by atoms with Gasteiger partial charge in [-0.15, -0.1) is 0 Å². The molecule has 94 valence electrons. The van der Waals surface area contributed by atoms with Gasteiger partial charge in [0, 0.05) is 25.7 Å². The van der Waals surface area contributed by atoms with E-state index in [1.54, 1.807) is 0 Å². The predicted octanol–water partition coefficient (Wildman–Crippen LogP) is 1.30. The molecule has 0 N–H and O–H groups in total. The summed E-state index contributed by atoms with van der Waals surface area (Å²) >= 11 is 0. The van der Waals surface area contributed by atoms with Crippen LogP contribution in [0.1, 0.15) is 20.3 Å². The molecule has 1 saturated heterocycles. The molecule has 0 unspecified atom stereocenters. The van der Waals surface area contributed by atoms with Crippen molar-refractivity contribution in [3.63, 3.8) is 0 Å². The number of hydrogen-bond donors (Lipinski definition) is 0. The highest BCUT2D eigenvalue weighted by Crippen LogP contribution is 2.17. The van der Waals surface area contributed by atoms with Gasteiger partial charge in [-0.1, -0.05) is 6.58 Å². The van der Waals surface area contributed by atoms with E-state index >= 15 is 0 Å². The van der Waals surface area contributed by atoms with Gasteiger partial charge in [0.05, 0.1) is 18.5 Å². The fourth-order valence-electron chi connectivity index (χ4n) is 2.05. The van der Waals surface area contributed by atoms with Gasteiger partial charge in [0.15, 0.2) is 5.83 Å². The Labute approximate surface area is 101 Å². The summed E-state index contributed by atoms with van der Waals surface area (Å²) in [6, 6.07) is 2.17. The van der Waals surface area contributed by atoms with Crippen molar-refractivity contribution < 1.29 is 9.18 Å². The van der Waals surface area contributed by atoms with Crippen LogP contribution >= 0.6 is 0 Å². The zero-order valence-corrected chi connectivity index (χ0v) is 10.3.